The lowest BCUT2D eigenvalue weighted by atomic mass is 10.1. The number of nitrogens with one attached hydrogen (secondary N) is 2. The average Bonchev–Trinajstić information content (AvgIpc) is 3.46. The SMILES string of the molecule is O=C(NCC(c1cnc(C(F)(F)F)nc1)N1CCOCC1)c1cccc2nc(NCC3CCCC3)ccc12. The van der Waals surface area contributed by atoms with Crippen LogP contribution in [0.5, 0.6) is 0 Å². The third-order valence-corrected chi connectivity index (χ3v) is 7.28. The van der Waals surface area contributed by atoms with Gasteiger partial charge in [-0.2, -0.15) is 13.2 Å². The lowest BCUT2D eigenvalue weighted by molar-refractivity contribution is -0.145. The third kappa shape index (κ3) is 6.21. The predicted molar refractivity (Wildman–Crippen MR) is 137 cm³/mol. The van der Waals surface area contributed by atoms with E-state index in [1.54, 1.807) is 12.1 Å². The molecule has 2 aliphatic rings. The Hall–Kier alpha value is -3.31. The van der Waals surface area contributed by atoms with Crippen molar-refractivity contribution in [3.8, 4) is 0 Å². The molecule has 1 aliphatic carbocycles. The molecule has 1 aromatic carbocycles. The number of halogens is 3. The molecule has 1 saturated heterocycles. The minimum Gasteiger partial charge on any atom is -0.379 e. The third-order valence-electron chi connectivity index (χ3n) is 7.28. The van der Waals surface area contributed by atoms with Crippen molar-refractivity contribution in [2.75, 3.05) is 44.7 Å². The molecule has 0 radical (unpaired) electrons. The summed E-state index contributed by atoms with van der Waals surface area (Å²) in [7, 11) is 0. The van der Waals surface area contributed by atoms with Crippen LogP contribution in [0, 0.1) is 5.92 Å². The standard InChI is InChI=1S/C27H31F3N6O2/c28-27(29,30)26-33-15-19(16-34-26)23(36-10-12-38-13-11-36)17-32-25(37)21-6-3-7-22-20(21)8-9-24(35-22)31-14-18-4-1-2-5-18/h3,6-9,15-16,18,23H,1-2,4-5,10-14,17H2,(H,31,35)(H,32,37). The fourth-order valence-corrected chi connectivity index (χ4v) is 5.20. The molecule has 3 aromatic rings. The second-order valence-electron chi connectivity index (χ2n) is 9.81. The van der Waals surface area contributed by atoms with Crippen LogP contribution in [0.4, 0.5) is 19.0 Å². The molecule has 0 bridgehead atoms. The van der Waals surface area contributed by atoms with Gasteiger partial charge in [-0.15, -0.1) is 0 Å². The van der Waals surface area contributed by atoms with Crippen LogP contribution in [-0.4, -0.2) is 65.2 Å². The van der Waals surface area contributed by atoms with Crippen molar-refractivity contribution in [2.24, 2.45) is 5.92 Å². The van der Waals surface area contributed by atoms with Gasteiger partial charge in [-0.1, -0.05) is 18.9 Å². The molecule has 1 amide bonds. The van der Waals surface area contributed by atoms with Crippen LogP contribution < -0.4 is 10.6 Å². The van der Waals surface area contributed by atoms with Gasteiger partial charge in [0.2, 0.25) is 5.82 Å². The Morgan fingerprint density at radius 2 is 1.82 bits per heavy atom. The summed E-state index contributed by atoms with van der Waals surface area (Å²) in [5.74, 6) is -0.00254. The molecule has 11 heteroatoms. The molecule has 2 N–H and O–H groups in total. The monoisotopic (exact) mass is 528 g/mol. The number of nitrogens with zero attached hydrogens (tertiary/aromatic N) is 4. The second-order valence-corrected chi connectivity index (χ2v) is 9.81. The first kappa shape index (κ1) is 26.3. The van der Waals surface area contributed by atoms with Crippen molar-refractivity contribution in [3.05, 3.63) is 59.7 Å². The number of morpholine rings is 1. The van der Waals surface area contributed by atoms with Gasteiger partial charge in [0.15, 0.2) is 0 Å². The highest BCUT2D eigenvalue weighted by Gasteiger charge is 2.35. The highest BCUT2D eigenvalue weighted by Crippen LogP contribution is 2.28. The Kier molecular flexibility index (Phi) is 8.04. The maximum absolute atomic E-state index is 13.3. The fraction of sp³-hybridized carbons (Fsp3) is 0.481. The molecule has 2 aromatic heterocycles. The number of benzene rings is 1. The Balaban J connectivity index is 1.30. The Bertz CT molecular complexity index is 1240. The highest BCUT2D eigenvalue weighted by molar-refractivity contribution is 6.06. The number of carbonyl (C=O) groups is 1. The van der Waals surface area contributed by atoms with Crippen molar-refractivity contribution in [1.29, 1.82) is 0 Å². The summed E-state index contributed by atoms with van der Waals surface area (Å²) in [4.78, 5) is 27.1. The number of carbonyl (C=O) groups excluding carboxylic acids is 1. The van der Waals surface area contributed by atoms with Crippen molar-refractivity contribution in [1.82, 2.24) is 25.2 Å². The summed E-state index contributed by atoms with van der Waals surface area (Å²) in [5, 5.41) is 7.13. The van der Waals surface area contributed by atoms with E-state index in [0.29, 0.717) is 43.3 Å². The summed E-state index contributed by atoms with van der Waals surface area (Å²) < 4.78 is 44.3. The zero-order valence-corrected chi connectivity index (χ0v) is 21.0. The first-order chi connectivity index (χ1) is 18.4. The van der Waals surface area contributed by atoms with E-state index in [-0.39, 0.29) is 12.5 Å². The van der Waals surface area contributed by atoms with E-state index in [1.807, 2.05) is 18.2 Å². The van der Waals surface area contributed by atoms with Gasteiger partial charge in [0, 0.05) is 55.1 Å². The van der Waals surface area contributed by atoms with Gasteiger partial charge >= 0.3 is 6.18 Å². The average molecular weight is 529 g/mol. The molecule has 2 fully saturated rings. The van der Waals surface area contributed by atoms with Crippen molar-refractivity contribution in [2.45, 2.75) is 37.9 Å². The van der Waals surface area contributed by atoms with Crippen LogP contribution in [0.3, 0.4) is 0 Å². The molecule has 1 unspecified atom stereocenters. The Labute approximate surface area is 219 Å². The number of hydrogen-bond donors (Lipinski definition) is 2. The Morgan fingerprint density at radius 1 is 1.08 bits per heavy atom. The number of fused-ring (bicyclic) bond motifs is 1. The summed E-state index contributed by atoms with van der Waals surface area (Å²) >= 11 is 0. The first-order valence-electron chi connectivity index (χ1n) is 13.0. The Morgan fingerprint density at radius 3 is 2.53 bits per heavy atom. The zero-order valence-electron chi connectivity index (χ0n) is 21.0. The van der Waals surface area contributed by atoms with Gasteiger partial charge in [-0.05, 0) is 43.0 Å². The molecule has 8 nitrogen and oxygen atoms in total. The van der Waals surface area contributed by atoms with Crippen LogP contribution in [0.15, 0.2) is 42.7 Å². The summed E-state index contributed by atoms with van der Waals surface area (Å²) in [6.45, 7) is 3.23. The molecule has 1 saturated carbocycles. The van der Waals surface area contributed by atoms with Crippen LogP contribution in [0.25, 0.3) is 10.9 Å². The molecule has 0 spiro atoms. The molecule has 1 aliphatic heterocycles. The first-order valence-corrected chi connectivity index (χ1v) is 13.0. The number of ether oxygens (including phenoxy) is 1. The molecule has 202 valence electrons. The van der Waals surface area contributed by atoms with E-state index in [4.69, 9.17) is 9.72 Å². The van der Waals surface area contributed by atoms with Crippen molar-refractivity contribution >= 4 is 22.6 Å². The molecular formula is C27H31F3N6O2. The van der Waals surface area contributed by atoms with Crippen LogP contribution >= 0.6 is 0 Å². The van der Waals surface area contributed by atoms with Gasteiger partial charge in [-0.25, -0.2) is 15.0 Å². The summed E-state index contributed by atoms with van der Waals surface area (Å²) in [5.41, 5.74) is 1.70. The molecular weight excluding hydrogens is 497 g/mol. The second kappa shape index (κ2) is 11.6. The fourth-order valence-electron chi connectivity index (χ4n) is 5.20. The zero-order chi connectivity index (χ0) is 26.5. The largest absolute Gasteiger partial charge is 0.451 e. The lowest BCUT2D eigenvalue weighted by Gasteiger charge is -2.34. The summed E-state index contributed by atoms with van der Waals surface area (Å²) in [6.07, 6.45) is 2.82. The number of amides is 1. The topological polar surface area (TPSA) is 92.3 Å². The van der Waals surface area contributed by atoms with E-state index < -0.39 is 18.0 Å². The number of alkyl halides is 3. The summed E-state index contributed by atoms with van der Waals surface area (Å²) in [6, 6.07) is 8.82. The molecule has 3 heterocycles. The van der Waals surface area contributed by atoms with Crippen molar-refractivity contribution in [3.63, 3.8) is 0 Å². The lowest BCUT2D eigenvalue weighted by Crippen LogP contribution is -2.44. The highest BCUT2D eigenvalue weighted by atomic mass is 19.4. The van der Waals surface area contributed by atoms with Gasteiger partial charge < -0.3 is 15.4 Å². The minimum absolute atomic E-state index is 0.179. The molecule has 1 atom stereocenters. The molecule has 5 rings (SSSR count). The number of aromatic nitrogens is 3. The van der Waals surface area contributed by atoms with E-state index >= 15 is 0 Å². The van der Waals surface area contributed by atoms with E-state index in [9.17, 15) is 18.0 Å². The maximum Gasteiger partial charge on any atom is 0.451 e. The van der Waals surface area contributed by atoms with Crippen LogP contribution in [0.1, 0.15) is 53.5 Å². The van der Waals surface area contributed by atoms with Gasteiger partial charge in [0.25, 0.3) is 5.91 Å². The van der Waals surface area contributed by atoms with E-state index in [2.05, 4.69) is 25.5 Å². The van der Waals surface area contributed by atoms with Crippen LogP contribution in [0.2, 0.25) is 0 Å². The van der Waals surface area contributed by atoms with Gasteiger partial charge in [0.05, 0.1) is 24.8 Å². The predicted octanol–water partition coefficient (Wildman–Crippen LogP) is 4.45. The quantitative estimate of drug-likeness (QED) is 0.446. The smallest absolute Gasteiger partial charge is 0.379 e. The maximum atomic E-state index is 13.3. The van der Waals surface area contributed by atoms with Crippen LogP contribution in [-0.2, 0) is 10.9 Å². The number of pyridine rings is 1. The van der Waals surface area contributed by atoms with Gasteiger partial charge in [-0.3, -0.25) is 9.69 Å². The van der Waals surface area contributed by atoms with Crippen molar-refractivity contribution < 1.29 is 22.7 Å². The van der Waals surface area contributed by atoms with E-state index in [0.717, 1.165) is 23.3 Å². The van der Waals surface area contributed by atoms with E-state index in [1.165, 1.54) is 38.1 Å². The minimum atomic E-state index is -4.62. The number of rotatable bonds is 8. The number of anilines is 1. The normalized spacial score (nSPS) is 18.0. The number of hydrogen-bond acceptors (Lipinski definition) is 7. The molecule has 38 heavy (non-hydrogen) atoms. The van der Waals surface area contributed by atoms with Gasteiger partial charge in [0.1, 0.15) is 5.82 Å².